The van der Waals surface area contributed by atoms with Crippen molar-refractivity contribution in [3.05, 3.63) is 261 Å². The van der Waals surface area contributed by atoms with E-state index in [0.29, 0.717) is 0 Å². The molecule has 14 rings (SSSR count). The molecular weight excluding hydrogens is 1080 g/mol. The molecule has 0 aliphatic heterocycles. The first-order valence-electron chi connectivity index (χ1n) is 33.7. The lowest BCUT2D eigenvalue weighted by Gasteiger charge is -2.35. The third kappa shape index (κ3) is 10.5. The number of hydrogen-bond acceptors (Lipinski definition) is 2. The van der Waals surface area contributed by atoms with E-state index in [1.165, 1.54) is 176 Å². The Morgan fingerprint density at radius 2 is 0.500 bits per heavy atom. The van der Waals surface area contributed by atoms with Crippen molar-refractivity contribution in [2.45, 2.75) is 132 Å². The molecule has 0 aliphatic carbocycles. The van der Waals surface area contributed by atoms with Crippen LogP contribution in [0.5, 0.6) is 0 Å². The van der Waals surface area contributed by atoms with Crippen molar-refractivity contribution in [3.63, 3.8) is 0 Å². The zero-order valence-corrected chi connectivity index (χ0v) is 54.2. The molecule has 0 radical (unpaired) electrons. The fourth-order valence-corrected chi connectivity index (χ4v) is 15.1. The number of aryl methyl sites for hydroxylation is 8. The molecule has 90 heavy (non-hydrogen) atoms. The fourth-order valence-electron chi connectivity index (χ4n) is 15.1. The zero-order chi connectivity index (χ0) is 61.6. The van der Waals surface area contributed by atoms with Crippen molar-refractivity contribution < 1.29 is 0 Å². The Bertz CT molecular complexity index is 4430. The molecule has 0 saturated carbocycles. The van der Waals surface area contributed by atoms with E-state index >= 15 is 0 Å². The van der Waals surface area contributed by atoms with Crippen LogP contribution in [-0.4, -0.2) is 0 Å². The SMILES string of the molecule is CCCCc1cc(C)cc(CCCC)c1N(c1ccc(/C=C/c2ccc(C)cc2)cc1)c1c2cccc3c4cccc5c(N(c6ccc(/C=C/c7ccc(C)cc7)cc6)c6c(CCCC)cc(C)cc6CCCC)c6cccc7c8cccc1c8c(c23)c(c54)c67. The summed E-state index contributed by atoms with van der Waals surface area (Å²) in [4.78, 5) is 5.46. The van der Waals surface area contributed by atoms with Gasteiger partial charge in [-0.05, 0) is 169 Å². The molecule has 0 heterocycles. The monoisotopic (exact) mass is 1170 g/mol. The van der Waals surface area contributed by atoms with Gasteiger partial charge in [0.15, 0.2) is 0 Å². The predicted octanol–water partition coefficient (Wildman–Crippen LogP) is 26.0. The van der Waals surface area contributed by atoms with Crippen LogP contribution in [0.25, 0.3) is 99.7 Å². The van der Waals surface area contributed by atoms with Crippen molar-refractivity contribution in [2.75, 3.05) is 9.80 Å². The quantitative estimate of drug-likeness (QED) is 0.0379. The summed E-state index contributed by atoms with van der Waals surface area (Å²) in [6.45, 7) is 18.3. The fraction of sp³-hybridized carbons (Fsp3) is 0.227. The lowest BCUT2D eigenvalue weighted by atomic mass is 9.79. The van der Waals surface area contributed by atoms with Gasteiger partial charge < -0.3 is 9.80 Å². The van der Waals surface area contributed by atoms with E-state index in [1.54, 1.807) is 0 Å². The summed E-state index contributed by atoms with van der Waals surface area (Å²) in [6.07, 6.45) is 22.1. The van der Waals surface area contributed by atoms with Gasteiger partial charge in [0, 0.05) is 65.2 Å². The molecule has 0 fully saturated rings. The second kappa shape index (κ2) is 25.0. The highest BCUT2D eigenvalue weighted by molar-refractivity contribution is 6.51. The van der Waals surface area contributed by atoms with Gasteiger partial charge in [-0.25, -0.2) is 0 Å². The van der Waals surface area contributed by atoms with Crippen LogP contribution in [0, 0.1) is 27.7 Å². The summed E-state index contributed by atoms with van der Waals surface area (Å²) < 4.78 is 0. The Hall–Kier alpha value is -9.24. The lowest BCUT2D eigenvalue weighted by molar-refractivity contribution is 0.779. The largest absolute Gasteiger partial charge is 0.309 e. The molecule has 0 unspecified atom stereocenters. The first-order chi connectivity index (χ1) is 44.1. The van der Waals surface area contributed by atoms with Gasteiger partial charge in [0.05, 0.1) is 22.7 Å². The number of fused-ring (bicyclic) bond motifs is 2. The maximum absolute atomic E-state index is 2.73. The summed E-state index contributed by atoms with van der Waals surface area (Å²) in [5, 5.41) is 18.5. The second-order valence-electron chi connectivity index (χ2n) is 26.0. The van der Waals surface area contributed by atoms with Crippen molar-refractivity contribution in [3.8, 4) is 0 Å². The topological polar surface area (TPSA) is 6.48 Å². The summed E-state index contributed by atoms with van der Waals surface area (Å²) in [6, 6.07) is 75.6. The molecule has 0 bridgehead atoms. The second-order valence-corrected chi connectivity index (χ2v) is 26.0. The molecule has 2 heteroatoms. The van der Waals surface area contributed by atoms with Gasteiger partial charge in [-0.2, -0.15) is 0 Å². The van der Waals surface area contributed by atoms with E-state index in [4.69, 9.17) is 0 Å². The molecular formula is C88H84N2. The van der Waals surface area contributed by atoms with Crippen molar-refractivity contribution >= 4 is 134 Å². The maximum atomic E-state index is 2.73. The Kier molecular flexibility index (Phi) is 16.2. The Balaban J connectivity index is 1.08. The minimum Gasteiger partial charge on any atom is -0.309 e. The minimum absolute atomic E-state index is 1.02. The van der Waals surface area contributed by atoms with E-state index in [0.717, 1.165) is 77.0 Å². The number of benzene rings is 14. The van der Waals surface area contributed by atoms with Gasteiger partial charge in [-0.1, -0.05) is 270 Å². The molecule has 0 spiro atoms. The molecule has 14 aromatic carbocycles. The van der Waals surface area contributed by atoms with Gasteiger partial charge in [-0.3, -0.25) is 0 Å². The van der Waals surface area contributed by atoms with Crippen LogP contribution in [0.2, 0.25) is 0 Å². The van der Waals surface area contributed by atoms with Crippen LogP contribution < -0.4 is 9.80 Å². The lowest BCUT2D eigenvalue weighted by Crippen LogP contribution is -2.17. The number of nitrogens with zero attached hydrogens (tertiary/aromatic N) is 2. The predicted molar refractivity (Wildman–Crippen MR) is 396 cm³/mol. The normalized spacial score (nSPS) is 12.2. The number of rotatable bonds is 22. The van der Waals surface area contributed by atoms with Crippen molar-refractivity contribution in [1.82, 2.24) is 0 Å². The molecule has 0 amide bonds. The summed E-state index contributed by atoms with van der Waals surface area (Å²) in [7, 11) is 0. The van der Waals surface area contributed by atoms with Gasteiger partial charge in [0.1, 0.15) is 0 Å². The van der Waals surface area contributed by atoms with E-state index in [1.807, 2.05) is 0 Å². The Morgan fingerprint density at radius 3 is 0.756 bits per heavy atom. The van der Waals surface area contributed by atoms with Crippen LogP contribution in [0.15, 0.2) is 194 Å². The zero-order valence-electron chi connectivity index (χ0n) is 54.2. The van der Waals surface area contributed by atoms with Crippen LogP contribution in [0.4, 0.5) is 34.1 Å². The van der Waals surface area contributed by atoms with Crippen LogP contribution >= 0.6 is 0 Å². The molecule has 0 atom stereocenters. The van der Waals surface area contributed by atoms with Crippen molar-refractivity contribution in [1.29, 1.82) is 0 Å². The van der Waals surface area contributed by atoms with Gasteiger partial charge in [0.25, 0.3) is 0 Å². The average molecular weight is 1170 g/mol. The molecule has 446 valence electrons. The standard InChI is InChI=1S/C88H84N2/c1-9-13-21-65-53-59(7)54-66(22-14-10-2)85(65)89(69-49-45-63(46-50-69)43-41-61-37-33-57(5)34-38-61)87-75-29-17-25-71-73-27-19-31-77-81(73)84-82-74(72-26-18-30-76(87)80(72)83(84)79(71)75)28-20-32-78(82)88(77)90(86-67(23-15-11-3)55-60(8)56-68(86)24-16-12-4)70-51-47-64(48-52-70)44-42-62-39-35-58(6)36-40-62/h17-20,25-56H,9-16,21-24H2,1-8H3/b43-41+,44-42+. The van der Waals surface area contributed by atoms with E-state index in [9.17, 15) is 0 Å². The highest BCUT2D eigenvalue weighted by Gasteiger charge is 2.33. The molecule has 2 nitrogen and oxygen atoms in total. The Morgan fingerprint density at radius 1 is 0.256 bits per heavy atom. The highest BCUT2D eigenvalue weighted by atomic mass is 15.2. The number of unbranched alkanes of at least 4 members (excludes halogenated alkanes) is 4. The van der Waals surface area contributed by atoms with Gasteiger partial charge in [-0.15, -0.1) is 0 Å². The number of hydrogen-bond donors (Lipinski definition) is 0. The van der Waals surface area contributed by atoms with Gasteiger partial charge in [0.2, 0.25) is 0 Å². The Labute approximate surface area is 533 Å². The molecule has 0 aromatic heterocycles. The van der Waals surface area contributed by atoms with E-state index in [-0.39, 0.29) is 0 Å². The minimum atomic E-state index is 1.02. The molecule has 0 saturated heterocycles. The average Bonchev–Trinajstić information content (AvgIpc) is 0.668. The first kappa shape index (κ1) is 58.4. The van der Waals surface area contributed by atoms with Crippen LogP contribution in [0.1, 0.15) is 146 Å². The van der Waals surface area contributed by atoms with Crippen LogP contribution in [0.3, 0.4) is 0 Å². The maximum Gasteiger partial charge on any atom is 0.0619 e. The summed E-state index contributed by atoms with van der Waals surface area (Å²) in [5.41, 5.74) is 23.3. The molecule has 14 aromatic rings. The molecule has 0 N–H and O–H groups in total. The van der Waals surface area contributed by atoms with Crippen LogP contribution in [-0.2, 0) is 25.7 Å². The summed E-state index contributed by atoms with van der Waals surface area (Å²) >= 11 is 0. The third-order valence-electron chi connectivity index (χ3n) is 19.4. The third-order valence-corrected chi connectivity index (χ3v) is 19.4. The van der Waals surface area contributed by atoms with Crippen molar-refractivity contribution in [2.24, 2.45) is 0 Å². The summed E-state index contributed by atoms with van der Waals surface area (Å²) in [5.74, 6) is 0. The first-order valence-corrected chi connectivity index (χ1v) is 33.7. The highest BCUT2D eigenvalue weighted by Crippen LogP contribution is 2.59. The number of anilines is 6. The molecule has 0 aliphatic rings. The van der Waals surface area contributed by atoms with E-state index in [2.05, 4.69) is 284 Å². The van der Waals surface area contributed by atoms with Gasteiger partial charge >= 0.3 is 0 Å². The van der Waals surface area contributed by atoms with E-state index < -0.39 is 0 Å². The smallest absolute Gasteiger partial charge is 0.0619 e.